The van der Waals surface area contributed by atoms with Crippen LogP contribution in [0.3, 0.4) is 0 Å². The van der Waals surface area contributed by atoms with Gasteiger partial charge in [0.05, 0.1) is 5.69 Å². The van der Waals surface area contributed by atoms with Crippen LogP contribution < -0.4 is 4.90 Å². The van der Waals surface area contributed by atoms with Crippen LogP contribution in [0.2, 0.25) is 0 Å². The SMILES string of the molecule is c1ccc(-c2cc3ccccc3c3sc4ccc(N(c5ccccc5)c5cc6sc7ccccc7c6c6ccccc56)cc4c23)cc1. The first-order chi connectivity index (χ1) is 23.3. The smallest absolute Gasteiger partial charge is 0.0554 e. The van der Waals surface area contributed by atoms with Crippen molar-refractivity contribution >= 4 is 102 Å². The quantitative estimate of drug-likeness (QED) is 0.186. The van der Waals surface area contributed by atoms with Crippen molar-refractivity contribution in [3.8, 4) is 11.1 Å². The number of benzene rings is 8. The molecule has 8 aromatic carbocycles. The summed E-state index contributed by atoms with van der Waals surface area (Å²) in [5.41, 5.74) is 6.02. The molecule has 2 heterocycles. The number of nitrogens with zero attached hydrogens (tertiary/aromatic N) is 1. The van der Waals surface area contributed by atoms with E-state index in [2.05, 4.69) is 169 Å². The molecule has 0 spiro atoms. The largest absolute Gasteiger partial charge is 0.310 e. The second kappa shape index (κ2) is 10.5. The van der Waals surface area contributed by atoms with Gasteiger partial charge in [-0.15, -0.1) is 22.7 Å². The van der Waals surface area contributed by atoms with E-state index in [4.69, 9.17) is 0 Å². The summed E-state index contributed by atoms with van der Waals surface area (Å²) < 4.78 is 5.27. The van der Waals surface area contributed by atoms with Crippen molar-refractivity contribution in [2.24, 2.45) is 0 Å². The molecule has 0 aliphatic heterocycles. The maximum Gasteiger partial charge on any atom is 0.0554 e. The first kappa shape index (κ1) is 26.7. The standard InChI is InChI=1S/C44H27NS2/c1-3-13-28(14-4-1)36-25-29-15-7-8-18-32(29)44-43(36)37-26-31(23-24-40(37)47-44)45(30-16-5-2-6-17-30)38-27-41-42(34-20-10-9-19-33(34)38)35-21-11-12-22-39(35)46-41/h1-27H. The molecule has 0 aliphatic rings. The Morgan fingerprint density at radius 3 is 1.87 bits per heavy atom. The van der Waals surface area contributed by atoms with Crippen molar-refractivity contribution in [3.63, 3.8) is 0 Å². The minimum Gasteiger partial charge on any atom is -0.310 e. The molecule has 0 N–H and O–H groups in total. The summed E-state index contributed by atoms with van der Waals surface area (Å²) in [6.07, 6.45) is 0. The molecular weight excluding hydrogens is 607 g/mol. The van der Waals surface area contributed by atoms with Crippen LogP contribution in [0, 0.1) is 0 Å². The molecule has 0 unspecified atom stereocenters. The maximum atomic E-state index is 2.46. The monoisotopic (exact) mass is 633 g/mol. The summed E-state index contributed by atoms with van der Waals surface area (Å²) in [5, 5.41) is 10.4. The fourth-order valence-electron chi connectivity index (χ4n) is 7.34. The Bertz CT molecular complexity index is 2790. The van der Waals surface area contributed by atoms with Gasteiger partial charge in [0.15, 0.2) is 0 Å². The zero-order valence-electron chi connectivity index (χ0n) is 25.4. The van der Waals surface area contributed by atoms with Crippen LogP contribution in [0.25, 0.3) is 73.0 Å². The highest BCUT2D eigenvalue weighted by Crippen LogP contribution is 2.49. The molecule has 220 valence electrons. The molecular formula is C44H27NS2. The van der Waals surface area contributed by atoms with Gasteiger partial charge in [-0.1, -0.05) is 115 Å². The average Bonchev–Trinajstić information content (AvgIpc) is 3.71. The Balaban J connectivity index is 1.30. The molecule has 0 fully saturated rings. The number of hydrogen-bond donors (Lipinski definition) is 0. The molecule has 0 amide bonds. The van der Waals surface area contributed by atoms with Gasteiger partial charge in [0.2, 0.25) is 0 Å². The molecule has 0 bridgehead atoms. The summed E-state index contributed by atoms with van der Waals surface area (Å²) in [7, 11) is 0. The lowest BCUT2D eigenvalue weighted by Crippen LogP contribution is -2.10. The van der Waals surface area contributed by atoms with Gasteiger partial charge < -0.3 is 4.90 Å². The van der Waals surface area contributed by atoms with Gasteiger partial charge in [-0.25, -0.2) is 0 Å². The normalized spacial score (nSPS) is 11.8. The van der Waals surface area contributed by atoms with Crippen molar-refractivity contribution in [3.05, 3.63) is 164 Å². The molecule has 0 saturated heterocycles. The van der Waals surface area contributed by atoms with Crippen LogP contribution in [0.1, 0.15) is 0 Å². The zero-order valence-corrected chi connectivity index (χ0v) is 27.0. The van der Waals surface area contributed by atoms with Crippen LogP contribution in [-0.2, 0) is 0 Å². The number of fused-ring (bicyclic) bond motifs is 10. The van der Waals surface area contributed by atoms with Crippen molar-refractivity contribution in [2.45, 2.75) is 0 Å². The van der Waals surface area contributed by atoms with Gasteiger partial charge in [-0.2, -0.15) is 0 Å². The van der Waals surface area contributed by atoms with Crippen LogP contribution in [0.5, 0.6) is 0 Å². The van der Waals surface area contributed by atoms with E-state index in [1.54, 1.807) is 0 Å². The van der Waals surface area contributed by atoms with Crippen LogP contribution in [0.15, 0.2) is 164 Å². The summed E-state index contributed by atoms with van der Waals surface area (Å²) in [4.78, 5) is 2.46. The molecule has 0 atom stereocenters. The lowest BCUT2D eigenvalue weighted by Gasteiger charge is -2.27. The summed E-state index contributed by atoms with van der Waals surface area (Å²) in [5.74, 6) is 0. The highest BCUT2D eigenvalue weighted by molar-refractivity contribution is 7.27. The van der Waals surface area contributed by atoms with E-state index in [0.29, 0.717) is 0 Å². The Morgan fingerprint density at radius 1 is 0.383 bits per heavy atom. The van der Waals surface area contributed by atoms with Gasteiger partial charge in [0.25, 0.3) is 0 Å². The fourth-order valence-corrected chi connectivity index (χ4v) is 9.74. The van der Waals surface area contributed by atoms with E-state index < -0.39 is 0 Å². The minimum atomic E-state index is 1.14. The topological polar surface area (TPSA) is 3.24 Å². The van der Waals surface area contributed by atoms with Crippen LogP contribution >= 0.6 is 22.7 Å². The Labute approximate surface area is 280 Å². The van der Waals surface area contributed by atoms with Crippen LogP contribution in [-0.4, -0.2) is 0 Å². The third-order valence-corrected chi connectivity index (χ3v) is 11.7. The van der Waals surface area contributed by atoms with Gasteiger partial charge in [-0.05, 0) is 75.8 Å². The summed E-state index contributed by atoms with van der Waals surface area (Å²) >= 11 is 3.78. The van der Waals surface area contributed by atoms with Gasteiger partial charge >= 0.3 is 0 Å². The molecule has 2 aromatic heterocycles. The molecule has 1 nitrogen and oxygen atoms in total. The van der Waals surface area contributed by atoms with E-state index in [1.807, 2.05) is 22.7 Å². The Kier molecular flexibility index (Phi) is 5.98. The third-order valence-electron chi connectivity index (χ3n) is 9.41. The molecule has 0 radical (unpaired) electrons. The number of anilines is 3. The predicted molar refractivity (Wildman–Crippen MR) is 207 cm³/mol. The van der Waals surface area contributed by atoms with Crippen molar-refractivity contribution in [1.29, 1.82) is 0 Å². The first-order valence-corrected chi connectivity index (χ1v) is 17.6. The van der Waals surface area contributed by atoms with Crippen molar-refractivity contribution < 1.29 is 0 Å². The lowest BCUT2D eigenvalue weighted by atomic mass is 9.95. The highest BCUT2D eigenvalue weighted by Gasteiger charge is 2.21. The number of rotatable bonds is 4. The van der Waals surface area contributed by atoms with E-state index in [9.17, 15) is 0 Å². The minimum absolute atomic E-state index is 1.14. The number of para-hydroxylation sites is 1. The summed E-state index contributed by atoms with van der Waals surface area (Å²) in [6.45, 7) is 0. The third kappa shape index (κ3) is 4.14. The number of hydrogen-bond acceptors (Lipinski definition) is 3. The molecule has 0 saturated carbocycles. The highest BCUT2D eigenvalue weighted by atomic mass is 32.1. The second-order valence-electron chi connectivity index (χ2n) is 12.1. The average molecular weight is 634 g/mol. The number of thiophene rings is 2. The lowest BCUT2D eigenvalue weighted by molar-refractivity contribution is 1.31. The van der Waals surface area contributed by atoms with Crippen LogP contribution in [0.4, 0.5) is 17.1 Å². The Morgan fingerprint density at radius 2 is 1.04 bits per heavy atom. The fraction of sp³-hybridized carbons (Fsp3) is 0. The second-order valence-corrected chi connectivity index (χ2v) is 14.2. The molecule has 10 rings (SSSR count). The van der Waals surface area contributed by atoms with E-state index >= 15 is 0 Å². The molecule has 47 heavy (non-hydrogen) atoms. The van der Waals surface area contributed by atoms with E-state index in [0.717, 1.165) is 11.4 Å². The molecule has 3 heteroatoms. The first-order valence-electron chi connectivity index (χ1n) is 15.9. The van der Waals surface area contributed by atoms with Gasteiger partial charge in [0, 0.05) is 57.1 Å². The maximum absolute atomic E-state index is 2.46. The predicted octanol–water partition coefficient (Wildman–Crippen LogP) is 13.9. The van der Waals surface area contributed by atoms with E-state index in [-0.39, 0.29) is 0 Å². The molecule has 10 aromatic rings. The Hall–Kier alpha value is -5.48. The zero-order chi connectivity index (χ0) is 30.9. The molecule has 0 aliphatic carbocycles. The van der Waals surface area contributed by atoms with E-state index in [1.165, 1.54) is 78.7 Å². The van der Waals surface area contributed by atoms with Crippen molar-refractivity contribution in [2.75, 3.05) is 4.90 Å². The van der Waals surface area contributed by atoms with Gasteiger partial charge in [0.1, 0.15) is 0 Å². The summed E-state index contributed by atoms with van der Waals surface area (Å²) in [6, 6.07) is 60.0. The van der Waals surface area contributed by atoms with Crippen molar-refractivity contribution in [1.82, 2.24) is 0 Å². The van der Waals surface area contributed by atoms with Gasteiger partial charge in [-0.3, -0.25) is 0 Å².